The molecule has 3 aromatic carbocycles. The van der Waals surface area contributed by atoms with Gasteiger partial charge in [-0.1, -0.05) is 66.7 Å². The molecule has 92 valence electrons. The van der Waals surface area contributed by atoms with Crippen LogP contribution in [0.15, 0.2) is 83.8 Å². The van der Waals surface area contributed by atoms with E-state index < -0.39 is 0 Å². The van der Waals surface area contributed by atoms with Gasteiger partial charge < -0.3 is 0 Å². The summed E-state index contributed by atoms with van der Waals surface area (Å²) in [6.07, 6.45) is 0. The predicted octanol–water partition coefficient (Wildman–Crippen LogP) is 5.31. The van der Waals surface area contributed by atoms with Crippen molar-refractivity contribution in [3.63, 3.8) is 0 Å². The molecule has 0 aliphatic carbocycles. The van der Waals surface area contributed by atoms with E-state index in [4.69, 9.17) is 0 Å². The minimum atomic E-state index is 0.986. The topological polar surface area (TPSA) is 0 Å². The first-order chi connectivity index (χ1) is 9.34. The second-order valence-electron chi connectivity index (χ2n) is 4.46. The molecule has 0 aliphatic heterocycles. The molecule has 0 heterocycles. The Kier molecular flexibility index (Phi) is 3.39. The fourth-order valence-corrected chi connectivity index (χ4v) is 2.50. The molecule has 1 heteroatoms. The summed E-state index contributed by atoms with van der Waals surface area (Å²) in [6, 6.07) is 27.2. The van der Waals surface area contributed by atoms with E-state index >= 15 is 0 Å². The van der Waals surface area contributed by atoms with Gasteiger partial charge in [0.15, 0.2) is 0 Å². The van der Waals surface area contributed by atoms with Gasteiger partial charge in [0.05, 0.1) is 0 Å². The molecule has 0 aliphatic rings. The molecule has 0 spiro atoms. The van der Waals surface area contributed by atoms with Crippen molar-refractivity contribution in [2.75, 3.05) is 0 Å². The van der Waals surface area contributed by atoms with Crippen LogP contribution in [0.5, 0.6) is 0 Å². The van der Waals surface area contributed by atoms with Gasteiger partial charge in [-0.05, 0) is 34.4 Å². The van der Waals surface area contributed by atoms with Gasteiger partial charge in [0.1, 0.15) is 0 Å². The molecular formula is C18H14S. The molecule has 0 saturated heterocycles. The van der Waals surface area contributed by atoms with E-state index in [0.29, 0.717) is 0 Å². The van der Waals surface area contributed by atoms with Crippen molar-refractivity contribution in [3.8, 4) is 22.3 Å². The van der Waals surface area contributed by atoms with Crippen LogP contribution in [0.25, 0.3) is 22.3 Å². The van der Waals surface area contributed by atoms with Crippen molar-refractivity contribution in [3.05, 3.63) is 78.9 Å². The number of thiol groups is 1. The molecule has 19 heavy (non-hydrogen) atoms. The Hall–Kier alpha value is -1.99. The molecule has 3 aromatic rings. The van der Waals surface area contributed by atoms with Crippen molar-refractivity contribution in [2.45, 2.75) is 4.90 Å². The predicted molar refractivity (Wildman–Crippen MR) is 84.6 cm³/mol. The first-order valence-electron chi connectivity index (χ1n) is 6.28. The Morgan fingerprint density at radius 2 is 1.11 bits per heavy atom. The van der Waals surface area contributed by atoms with Gasteiger partial charge in [-0.25, -0.2) is 0 Å². The molecule has 0 unspecified atom stereocenters. The van der Waals surface area contributed by atoms with E-state index in [-0.39, 0.29) is 0 Å². The van der Waals surface area contributed by atoms with E-state index in [1.54, 1.807) is 0 Å². The minimum Gasteiger partial charge on any atom is -0.143 e. The zero-order valence-electron chi connectivity index (χ0n) is 10.5. The van der Waals surface area contributed by atoms with Crippen molar-refractivity contribution in [1.29, 1.82) is 0 Å². The summed E-state index contributed by atoms with van der Waals surface area (Å²) in [6.45, 7) is 0. The van der Waals surface area contributed by atoms with Crippen LogP contribution in [0.2, 0.25) is 0 Å². The lowest BCUT2D eigenvalue weighted by atomic mass is 9.95. The summed E-state index contributed by atoms with van der Waals surface area (Å²) in [5.74, 6) is 0. The van der Waals surface area contributed by atoms with Crippen LogP contribution < -0.4 is 0 Å². The maximum atomic E-state index is 4.43. The first kappa shape index (κ1) is 12.1. The Bertz CT molecular complexity index is 687. The summed E-state index contributed by atoms with van der Waals surface area (Å²) >= 11 is 4.43. The normalized spacial score (nSPS) is 10.4. The molecule has 0 N–H and O–H groups in total. The molecule has 0 radical (unpaired) electrons. The van der Waals surface area contributed by atoms with Crippen molar-refractivity contribution < 1.29 is 0 Å². The van der Waals surface area contributed by atoms with Gasteiger partial charge >= 0.3 is 0 Å². The number of benzene rings is 3. The highest BCUT2D eigenvalue weighted by molar-refractivity contribution is 7.80. The van der Waals surface area contributed by atoms with Gasteiger partial charge in [-0.2, -0.15) is 0 Å². The summed E-state index contributed by atoms with van der Waals surface area (Å²) in [5, 5.41) is 0. The number of hydrogen-bond donors (Lipinski definition) is 1. The first-order valence-corrected chi connectivity index (χ1v) is 6.73. The Labute approximate surface area is 119 Å². The smallest absolute Gasteiger partial charge is 0.00461 e. The third-order valence-corrected chi connectivity index (χ3v) is 3.45. The fourth-order valence-electron chi connectivity index (χ4n) is 2.28. The summed E-state index contributed by atoms with van der Waals surface area (Å²) in [5.41, 5.74) is 4.93. The summed E-state index contributed by atoms with van der Waals surface area (Å²) in [7, 11) is 0. The van der Waals surface area contributed by atoms with Crippen LogP contribution in [0.3, 0.4) is 0 Å². The fraction of sp³-hybridized carbons (Fsp3) is 0. The van der Waals surface area contributed by atoms with Gasteiger partial charge in [0.2, 0.25) is 0 Å². The van der Waals surface area contributed by atoms with Crippen molar-refractivity contribution >= 4 is 12.6 Å². The van der Waals surface area contributed by atoms with Crippen LogP contribution in [0.1, 0.15) is 0 Å². The Balaban J connectivity index is 2.18. The lowest BCUT2D eigenvalue weighted by Gasteiger charge is -2.10. The summed E-state index contributed by atoms with van der Waals surface area (Å²) < 4.78 is 0. The molecule has 0 atom stereocenters. The van der Waals surface area contributed by atoms with Crippen LogP contribution in [0, 0.1) is 0 Å². The van der Waals surface area contributed by atoms with Crippen LogP contribution >= 0.6 is 12.6 Å². The minimum absolute atomic E-state index is 0.986. The Morgan fingerprint density at radius 1 is 0.526 bits per heavy atom. The van der Waals surface area contributed by atoms with Gasteiger partial charge in [-0.3, -0.25) is 0 Å². The largest absolute Gasteiger partial charge is 0.143 e. The highest BCUT2D eigenvalue weighted by Crippen LogP contribution is 2.32. The van der Waals surface area contributed by atoms with Crippen LogP contribution in [-0.2, 0) is 0 Å². The van der Waals surface area contributed by atoms with E-state index in [0.717, 1.165) is 4.90 Å². The average Bonchev–Trinajstić information content (AvgIpc) is 2.48. The van der Waals surface area contributed by atoms with Crippen LogP contribution in [0.4, 0.5) is 0 Å². The zero-order chi connectivity index (χ0) is 13.1. The molecule has 3 rings (SSSR count). The van der Waals surface area contributed by atoms with E-state index in [2.05, 4.69) is 73.3 Å². The molecule has 0 fully saturated rings. The lowest BCUT2D eigenvalue weighted by molar-refractivity contribution is 1.46. The molecule has 0 aromatic heterocycles. The molecular weight excluding hydrogens is 248 g/mol. The van der Waals surface area contributed by atoms with Gasteiger partial charge in [0, 0.05) is 4.90 Å². The quantitative estimate of drug-likeness (QED) is 0.594. The SMILES string of the molecule is Sc1cccc(-c2ccccc2-c2ccccc2)c1. The highest BCUT2D eigenvalue weighted by atomic mass is 32.1. The lowest BCUT2D eigenvalue weighted by Crippen LogP contribution is -1.84. The van der Waals surface area contributed by atoms with Crippen molar-refractivity contribution in [1.82, 2.24) is 0 Å². The van der Waals surface area contributed by atoms with Gasteiger partial charge in [0.25, 0.3) is 0 Å². The maximum absolute atomic E-state index is 4.43. The molecule has 0 amide bonds. The second-order valence-corrected chi connectivity index (χ2v) is 4.98. The van der Waals surface area contributed by atoms with E-state index in [9.17, 15) is 0 Å². The van der Waals surface area contributed by atoms with E-state index in [1.807, 2.05) is 18.2 Å². The third-order valence-electron chi connectivity index (χ3n) is 3.17. The Morgan fingerprint density at radius 3 is 1.79 bits per heavy atom. The molecule has 0 bridgehead atoms. The van der Waals surface area contributed by atoms with Crippen LogP contribution in [-0.4, -0.2) is 0 Å². The third kappa shape index (κ3) is 2.56. The highest BCUT2D eigenvalue weighted by Gasteiger charge is 2.06. The standard InChI is InChI=1S/C18H14S/c19-16-10-6-9-15(13-16)18-12-5-4-11-17(18)14-7-2-1-3-8-14/h1-13,19H. The maximum Gasteiger partial charge on any atom is 0.00461 e. The molecule has 0 nitrogen and oxygen atoms in total. The monoisotopic (exact) mass is 262 g/mol. The van der Waals surface area contributed by atoms with Gasteiger partial charge in [-0.15, -0.1) is 12.6 Å². The average molecular weight is 262 g/mol. The molecule has 0 saturated carbocycles. The summed E-state index contributed by atoms with van der Waals surface area (Å²) in [4.78, 5) is 0.986. The number of hydrogen-bond acceptors (Lipinski definition) is 1. The zero-order valence-corrected chi connectivity index (χ0v) is 11.3. The van der Waals surface area contributed by atoms with E-state index in [1.165, 1.54) is 22.3 Å². The van der Waals surface area contributed by atoms with Crippen molar-refractivity contribution in [2.24, 2.45) is 0 Å². The second kappa shape index (κ2) is 5.33. The number of rotatable bonds is 2.